The molecular weight excluding hydrogens is 272 g/mol. The van der Waals surface area contributed by atoms with E-state index in [1.165, 1.54) is 0 Å². The molecule has 7 heteroatoms. The van der Waals surface area contributed by atoms with E-state index < -0.39 is 10.9 Å². The second-order valence-corrected chi connectivity index (χ2v) is 4.48. The lowest BCUT2D eigenvalue weighted by atomic mass is 10.1. The van der Waals surface area contributed by atoms with Crippen molar-refractivity contribution in [2.75, 3.05) is 5.32 Å². The number of carbonyl (C=O) groups is 1. The van der Waals surface area contributed by atoms with Gasteiger partial charge in [-0.05, 0) is 12.8 Å². The van der Waals surface area contributed by atoms with Crippen molar-refractivity contribution in [3.05, 3.63) is 32.8 Å². The Bertz CT molecular complexity index is 501. The van der Waals surface area contributed by atoms with E-state index in [0.717, 1.165) is 25.0 Å². The van der Waals surface area contributed by atoms with Crippen LogP contribution in [0.1, 0.15) is 37.0 Å². The van der Waals surface area contributed by atoms with Gasteiger partial charge in [0.15, 0.2) is 0 Å². The van der Waals surface area contributed by atoms with Crippen molar-refractivity contribution in [3.8, 4) is 0 Å². The van der Waals surface area contributed by atoms with Crippen molar-refractivity contribution in [1.82, 2.24) is 0 Å². The van der Waals surface area contributed by atoms with Crippen molar-refractivity contribution in [2.24, 2.45) is 0 Å². The van der Waals surface area contributed by atoms with Crippen molar-refractivity contribution in [2.45, 2.75) is 32.7 Å². The molecule has 0 spiro atoms. The van der Waals surface area contributed by atoms with Gasteiger partial charge in [-0.2, -0.15) is 0 Å². The smallest absolute Gasteiger partial charge is 0.338 e. The molecule has 0 saturated carbocycles. The van der Waals surface area contributed by atoms with Crippen molar-refractivity contribution >= 4 is 28.9 Å². The van der Waals surface area contributed by atoms with Crippen molar-refractivity contribution in [3.63, 3.8) is 0 Å². The number of hydrogen-bond donors (Lipinski definition) is 2. The summed E-state index contributed by atoms with van der Waals surface area (Å²) >= 11 is 5.95. The molecule has 0 amide bonds. The highest BCUT2D eigenvalue weighted by Gasteiger charge is 2.21. The second kappa shape index (κ2) is 6.38. The number of nitrogens with zero attached hydrogens (tertiary/aromatic N) is 1. The highest BCUT2D eigenvalue weighted by atomic mass is 35.5. The van der Waals surface area contributed by atoms with Crippen molar-refractivity contribution in [1.29, 1.82) is 0 Å². The van der Waals surface area contributed by atoms with Crippen molar-refractivity contribution < 1.29 is 14.8 Å². The maximum atomic E-state index is 11.2. The fraction of sp³-hybridized carbons (Fsp3) is 0.417. The van der Waals surface area contributed by atoms with Gasteiger partial charge in [-0.15, -0.1) is 0 Å². The largest absolute Gasteiger partial charge is 0.478 e. The van der Waals surface area contributed by atoms with Gasteiger partial charge in [0.1, 0.15) is 0 Å². The number of halogens is 1. The van der Waals surface area contributed by atoms with E-state index in [1.54, 1.807) is 0 Å². The van der Waals surface area contributed by atoms with Gasteiger partial charge in [-0.3, -0.25) is 10.1 Å². The van der Waals surface area contributed by atoms with E-state index in [1.807, 2.05) is 13.8 Å². The maximum absolute atomic E-state index is 11.2. The summed E-state index contributed by atoms with van der Waals surface area (Å²) in [6, 6.07) is 2.23. The number of carboxylic acid groups (broad SMARTS) is 1. The molecule has 0 fully saturated rings. The SMILES string of the molecule is CCC(CC)Nc1c(Cl)cc([N+](=O)[O-])cc1C(=O)O. The third-order valence-corrected chi connectivity index (χ3v) is 3.15. The number of aromatic carboxylic acids is 1. The Labute approximate surface area is 115 Å². The number of rotatable bonds is 6. The molecule has 2 N–H and O–H groups in total. The number of benzene rings is 1. The lowest BCUT2D eigenvalue weighted by molar-refractivity contribution is -0.384. The topological polar surface area (TPSA) is 92.5 Å². The normalized spacial score (nSPS) is 10.5. The first-order chi connectivity index (χ1) is 8.90. The van der Waals surface area contributed by atoms with Crippen LogP contribution in [0.5, 0.6) is 0 Å². The van der Waals surface area contributed by atoms with Gasteiger partial charge in [-0.1, -0.05) is 25.4 Å². The first-order valence-electron chi connectivity index (χ1n) is 5.88. The molecule has 0 aromatic heterocycles. The minimum Gasteiger partial charge on any atom is -0.478 e. The summed E-state index contributed by atoms with van der Waals surface area (Å²) < 4.78 is 0. The molecule has 0 atom stereocenters. The van der Waals surface area contributed by atoms with Gasteiger partial charge < -0.3 is 10.4 Å². The highest BCUT2D eigenvalue weighted by Crippen LogP contribution is 2.32. The molecule has 0 aliphatic heterocycles. The average molecular weight is 287 g/mol. The number of nitro benzene ring substituents is 1. The number of non-ortho nitro benzene ring substituents is 1. The minimum atomic E-state index is -1.25. The standard InChI is InChI=1S/C12H15ClN2O4/c1-3-7(4-2)14-11-9(12(16)17)5-8(15(18)19)6-10(11)13/h5-7,14H,3-4H2,1-2H3,(H,16,17). The predicted molar refractivity (Wildman–Crippen MR) is 73.1 cm³/mol. The van der Waals surface area contributed by atoms with Gasteiger partial charge in [0.2, 0.25) is 0 Å². The molecule has 0 aliphatic carbocycles. The molecule has 0 heterocycles. The van der Waals surface area contributed by atoms with E-state index in [2.05, 4.69) is 5.32 Å². The number of nitro groups is 1. The molecule has 1 aromatic carbocycles. The van der Waals surface area contributed by atoms with E-state index >= 15 is 0 Å². The summed E-state index contributed by atoms with van der Waals surface area (Å²) in [5.74, 6) is -1.25. The van der Waals surface area contributed by atoms with Gasteiger partial charge in [0.05, 0.1) is 21.2 Å². The molecule has 0 unspecified atom stereocenters. The summed E-state index contributed by atoms with van der Waals surface area (Å²) in [4.78, 5) is 21.2. The van der Waals surface area contributed by atoms with Gasteiger partial charge in [0.25, 0.3) is 5.69 Å². The molecule has 0 radical (unpaired) electrons. The lowest BCUT2D eigenvalue weighted by Crippen LogP contribution is -2.19. The lowest BCUT2D eigenvalue weighted by Gasteiger charge is -2.18. The summed E-state index contributed by atoms with van der Waals surface area (Å²) in [6.07, 6.45) is 1.59. The van der Waals surface area contributed by atoms with Crippen LogP contribution in [-0.4, -0.2) is 22.0 Å². The van der Waals surface area contributed by atoms with Crippen LogP contribution in [-0.2, 0) is 0 Å². The van der Waals surface area contributed by atoms with E-state index in [4.69, 9.17) is 16.7 Å². The third-order valence-electron chi connectivity index (χ3n) is 2.85. The fourth-order valence-electron chi connectivity index (χ4n) is 1.71. The van der Waals surface area contributed by atoms with Crippen LogP contribution >= 0.6 is 11.6 Å². The molecule has 0 aliphatic rings. The zero-order valence-corrected chi connectivity index (χ0v) is 11.4. The number of carboxylic acids is 1. The molecule has 6 nitrogen and oxygen atoms in total. The Morgan fingerprint density at radius 3 is 2.47 bits per heavy atom. The van der Waals surface area contributed by atoms with E-state index in [9.17, 15) is 14.9 Å². The Hall–Kier alpha value is -1.82. The maximum Gasteiger partial charge on any atom is 0.338 e. The molecule has 0 bridgehead atoms. The van der Waals surface area contributed by atoms with Crippen LogP contribution in [0.4, 0.5) is 11.4 Å². The number of hydrogen-bond acceptors (Lipinski definition) is 4. The molecule has 0 saturated heterocycles. The monoisotopic (exact) mass is 286 g/mol. The van der Waals surface area contributed by atoms with Gasteiger partial charge in [-0.25, -0.2) is 4.79 Å². The van der Waals surface area contributed by atoms with Gasteiger partial charge in [0, 0.05) is 18.2 Å². The number of nitrogens with one attached hydrogen (secondary N) is 1. The van der Waals surface area contributed by atoms with Crippen LogP contribution in [0.15, 0.2) is 12.1 Å². The second-order valence-electron chi connectivity index (χ2n) is 4.07. The Morgan fingerprint density at radius 2 is 2.05 bits per heavy atom. The fourth-order valence-corrected chi connectivity index (χ4v) is 1.98. The van der Waals surface area contributed by atoms with E-state index in [-0.39, 0.29) is 28.0 Å². The molecule has 1 rings (SSSR count). The van der Waals surface area contributed by atoms with E-state index in [0.29, 0.717) is 0 Å². The van der Waals surface area contributed by atoms with Crippen LogP contribution in [0.2, 0.25) is 5.02 Å². The highest BCUT2D eigenvalue weighted by molar-refractivity contribution is 6.34. The summed E-state index contributed by atoms with van der Waals surface area (Å²) in [5, 5.41) is 22.9. The summed E-state index contributed by atoms with van der Waals surface area (Å²) in [6.45, 7) is 3.92. The summed E-state index contributed by atoms with van der Waals surface area (Å²) in [7, 11) is 0. The van der Waals surface area contributed by atoms with Crippen LogP contribution in [0.25, 0.3) is 0 Å². The first-order valence-corrected chi connectivity index (χ1v) is 6.26. The Kier molecular flexibility index (Phi) is 5.11. The molecular formula is C12H15ClN2O4. The predicted octanol–water partition coefficient (Wildman–Crippen LogP) is 3.55. The van der Waals surface area contributed by atoms with Crippen LogP contribution < -0.4 is 5.32 Å². The molecule has 1 aromatic rings. The zero-order chi connectivity index (χ0) is 14.6. The number of anilines is 1. The molecule has 104 valence electrons. The third kappa shape index (κ3) is 3.57. The summed E-state index contributed by atoms with van der Waals surface area (Å²) in [5.41, 5.74) is -0.294. The van der Waals surface area contributed by atoms with Gasteiger partial charge >= 0.3 is 5.97 Å². The Balaban J connectivity index is 3.29. The quantitative estimate of drug-likeness (QED) is 0.616. The Morgan fingerprint density at radius 1 is 1.47 bits per heavy atom. The average Bonchev–Trinajstić information content (AvgIpc) is 2.36. The zero-order valence-electron chi connectivity index (χ0n) is 10.6. The van der Waals surface area contributed by atoms with Crippen LogP contribution in [0.3, 0.4) is 0 Å². The van der Waals surface area contributed by atoms with Crippen LogP contribution in [0, 0.1) is 10.1 Å². The minimum absolute atomic E-state index is 0.0403. The molecule has 19 heavy (non-hydrogen) atoms. The first kappa shape index (κ1) is 15.2.